The van der Waals surface area contributed by atoms with Crippen molar-refractivity contribution in [3.8, 4) is 17.4 Å². The topological polar surface area (TPSA) is 279 Å². The lowest BCUT2D eigenvalue weighted by molar-refractivity contribution is -0.384. The summed E-state index contributed by atoms with van der Waals surface area (Å²) in [4.78, 5) is 82.3. The molecule has 2 aliphatic heterocycles. The predicted octanol–water partition coefficient (Wildman–Crippen LogP) is 7.77. The minimum absolute atomic E-state index is 0.0949. The number of ether oxygens (including phenoxy) is 6. The Balaban J connectivity index is 0.000000414. The maximum Gasteiger partial charge on any atom is 0.514 e. The molecule has 2 saturated heterocycles. The second-order valence-corrected chi connectivity index (χ2v) is 21.4. The number of fused-ring (bicyclic) bond motifs is 1. The Morgan fingerprint density at radius 3 is 2.12 bits per heavy atom. The highest BCUT2D eigenvalue weighted by Gasteiger charge is 2.62. The number of carbonyl (C=O) groups excluding carboxylic acids is 5. The molecule has 2 aromatic carbocycles. The first-order chi connectivity index (χ1) is 36.3. The second kappa shape index (κ2) is 23.9. The van der Waals surface area contributed by atoms with Crippen LogP contribution < -0.4 is 29.6 Å². The van der Waals surface area contributed by atoms with Gasteiger partial charge in [0, 0.05) is 43.2 Å². The molecule has 22 nitrogen and oxygen atoms in total. The number of nitrogens with zero attached hydrogens (tertiary/aromatic N) is 3. The Morgan fingerprint density at radius 2 is 1.55 bits per heavy atom. The summed E-state index contributed by atoms with van der Waals surface area (Å²) in [6.07, 6.45) is -12.3. The number of nitrogens with one attached hydrogen (secondary N) is 3. The maximum atomic E-state index is 14.7. The van der Waals surface area contributed by atoms with Crippen molar-refractivity contribution >= 4 is 68.5 Å². The Labute approximate surface area is 447 Å². The van der Waals surface area contributed by atoms with Gasteiger partial charge in [-0.1, -0.05) is 31.0 Å². The van der Waals surface area contributed by atoms with Crippen LogP contribution in [-0.2, 0) is 43.1 Å². The summed E-state index contributed by atoms with van der Waals surface area (Å²) in [6.45, 7) is 6.61. The summed E-state index contributed by atoms with van der Waals surface area (Å²) >= 11 is 6.47. The lowest BCUT2D eigenvalue weighted by Gasteiger charge is -2.35. The number of nitro benzene ring substituents is 1. The van der Waals surface area contributed by atoms with Crippen LogP contribution in [0.2, 0.25) is 5.02 Å². The smallest absolute Gasteiger partial charge is 0.488 e. The van der Waals surface area contributed by atoms with E-state index in [1.54, 1.807) is 32.0 Å². The lowest BCUT2D eigenvalue weighted by atomic mass is 9.90. The van der Waals surface area contributed by atoms with E-state index in [1.807, 2.05) is 4.72 Å². The van der Waals surface area contributed by atoms with Crippen molar-refractivity contribution in [1.82, 2.24) is 25.2 Å². The number of halogens is 7. The number of alkyl halides is 6. The molecule has 0 radical (unpaired) electrons. The molecule has 4 fully saturated rings. The van der Waals surface area contributed by atoms with Gasteiger partial charge in [-0.25, -0.2) is 19.3 Å². The van der Waals surface area contributed by atoms with Crippen LogP contribution in [0.1, 0.15) is 86.5 Å². The third-order valence-corrected chi connectivity index (χ3v) is 14.4. The van der Waals surface area contributed by atoms with E-state index in [9.17, 15) is 68.8 Å². The van der Waals surface area contributed by atoms with Crippen molar-refractivity contribution in [1.29, 1.82) is 0 Å². The van der Waals surface area contributed by atoms with Gasteiger partial charge in [0.25, 0.3) is 11.6 Å². The largest absolute Gasteiger partial charge is 0.514 e. The molecule has 0 spiro atoms. The number of para-hydroxylation sites is 1. The number of amides is 4. The number of rotatable bonds is 18. The Morgan fingerprint density at radius 1 is 0.923 bits per heavy atom. The monoisotopic (exact) mass is 1150 g/mol. The fourth-order valence-electron chi connectivity index (χ4n) is 8.29. The Kier molecular flexibility index (Phi) is 18.6. The van der Waals surface area contributed by atoms with Crippen LogP contribution >= 0.6 is 11.6 Å². The second-order valence-electron chi connectivity index (χ2n) is 19.6. The fraction of sp³-hybridized carbons (Fsp3) is 0.583. The van der Waals surface area contributed by atoms with E-state index in [0.29, 0.717) is 62.9 Å². The summed E-state index contributed by atoms with van der Waals surface area (Å²) in [5, 5.41) is 16.2. The number of aromatic nitrogens is 1. The van der Waals surface area contributed by atoms with Gasteiger partial charge in [0.15, 0.2) is 0 Å². The van der Waals surface area contributed by atoms with Gasteiger partial charge < -0.3 is 44.0 Å². The van der Waals surface area contributed by atoms with Gasteiger partial charge in [0.2, 0.25) is 28.9 Å². The number of nitro groups is 1. The number of pyridine rings is 1. The standard InChI is InChI=1S/C37H47ClF3N5O11S.C11H10F3NO5/c1-5-21-18-36(21,33(49)45-58(51,52)57-22-10-11-22)44-31(47)26-16-23(55-27-17-28(54-6-2)42-30-24(27)8-7-9-25(30)38)19-46(26)32(48)29(20-12-14-53-15-13-20)43-34(50)56-35(3,4)37(39,40)41;1-10(2,11(12,13)14)20-9(16)19-8-5-3-7(4-6-8)15(17)18/h7-9,17,20-23,26,29H,5-6,10-16,18-19H2,1-4H3,(H,43,50)(H,44,47)(H,45,49);3-6H,1-2H3/t21-,23-,26+,29+,36-;/m1./s1. The molecule has 30 heteroatoms. The van der Waals surface area contributed by atoms with Crippen LogP contribution in [0.15, 0.2) is 48.5 Å². The van der Waals surface area contributed by atoms with Gasteiger partial charge in [-0.2, -0.15) is 34.8 Å². The number of hydrogen-bond donors (Lipinski definition) is 3. The Bertz CT molecular complexity index is 2840. The molecule has 2 saturated carbocycles. The maximum absolute atomic E-state index is 14.7. The molecule has 4 aliphatic rings. The van der Waals surface area contributed by atoms with Crippen molar-refractivity contribution in [3.63, 3.8) is 0 Å². The highest BCUT2D eigenvalue weighted by Crippen LogP contribution is 2.47. The molecule has 1 aromatic heterocycles. The van der Waals surface area contributed by atoms with Crippen LogP contribution in [0.5, 0.6) is 17.4 Å². The van der Waals surface area contributed by atoms with E-state index < -0.39 is 110 Å². The number of alkyl carbamates (subject to hydrolysis) is 1. The zero-order valence-corrected chi connectivity index (χ0v) is 44.4. The summed E-state index contributed by atoms with van der Waals surface area (Å²) < 4.78 is 142. The van der Waals surface area contributed by atoms with E-state index in [1.165, 1.54) is 6.07 Å². The highest BCUT2D eigenvalue weighted by molar-refractivity contribution is 7.85. The van der Waals surface area contributed by atoms with Crippen molar-refractivity contribution < 1.29 is 96.3 Å². The van der Waals surface area contributed by atoms with Crippen LogP contribution in [-0.4, -0.2) is 133 Å². The molecule has 2 aliphatic carbocycles. The number of benzene rings is 2. The van der Waals surface area contributed by atoms with Gasteiger partial charge in [-0.05, 0) is 103 Å². The van der Waals surface area contributed by atoms with E-state index in [2.05, 4.69) is 25.1 Å². The van der Waals surface area contributed by atoms with Crippen LogP contribution in [0.3, 0.4) is 0 Å². The van der Waals surface area contributed by atoms with Gasteiger partial charge in [-0.3, -0.25) is 28.7 Å². The molecule has 7 rings (SSSR count). The molecule has 5 atom stereocenters. The molecule has 4 amide bonds. The van der Waals surface area contributed by atoms with Crippen LogP contribution in [0, 0.1) is 22.0 Å². The SMILES string of the molecule is CC(C)(OC(=O)Oc1ccc([N+](=O)[O-])cc1)C(F)(F)F.CCOc1cc(O[C@@H]2C[C@@H](C(=O)N[C@]3(C(=O)NS(=O)(=O)OC4CC4)C[C@H]3CC)N(C(=O)[C@@H](NC(=O)OC(C)(C)C(F)(F)F)C3CCOCC3)C2)c2cccc(Cl)c2n1. The average Bonchev–Trinajstić information content (AvgIpc) is 4.44. The summed E-state index contributed by atoms with van der Waals surface area (Å²) in [6, 6.07) is 7.95. The molecule has 430 valence electrons. The molecule has 0 bridgehead atoms. The van der Waals surface area contributed by atoms with Crippen molar-refractivity contribution in [2.24, 2.45) is 11.8 Å². The third kappa shape index (κ3) is 15.0. The first-order valence-corrected chi connectivity index (χ1v) is 26.2. The molecule has 3 heterocycles. The number of hydrogen-bond acceptors (Lipinski definition) is 17. The predicted molar refractivity (Wildman–Crippen MR) is 260 cm³/mol. The Hall–Kier alpha value is -6.46. The van der Waals surface area contributed by atoms with Crippen molar-refractivity contribution in [2.45, 2.75) is 140 Å². The van der Waals surface area contributed by atoms with Crippen LogP contribution in [0.25, 0.3) is 10.9 Å². The quantitative estimate of drug-likeness (QED) is 0.0360. The van der Waals surface area contributed by atoms with Gasteiger partial charge in [0.1, 0.15) is 35.2 Å². The minimum Gasteiger partial charge on any atom is -0.488 e. The molecular weight excluding hydrogens is 1100 g/mol. The third-order valence-electron chi connectivity index (χ3n) is 13.1. The van der Waals surface area contributed by atoms with Gasteiger partial charge >= 0.3 is 34.9 Å². The summed E-state index contributed by atoms with van der Waals surface area (Å²) in [5.41, 5.74) is -7.15. The zero-order chi connectivity index (χ0) is 57.8. The fourth-order valence-corrected chi connectivity index (χ4v) is 9.52. The van der Waals surface area contributed by atoms with E-state index >= 15 is 0 Å². The minimum atomic E-state index is -4.93. The number of carbonyl (C=O) groups is 5. The van der Waals surface area contributed by atoms with Gasteiger partial charge in [0.05, 0.1) is 34.7 Å². The zero-order valence-electron chi connectivity index (χ0n) is 42.8. The molecule has 3 aromatic rings. The number of non-ortho nitro benzene ring substituents is 1. The molecule has 78 heavy (non-hydrogen) atoms. The number of likely N-dealkylation sites (tertiary alicyclic amines) is 1. The van der Waals surface area contributed by atoms with E-state index in [4.69, 9.17) is 34.7 Å². The van der Waals surface area contributed by atoms with E-state index in [0.717, 1.165) is 29.2 Å². The molecule has 0 unspecified atom stereocenters. The average molecular weight is 1160 g/mol. The molecular formula is C48H57ClF6N6O16S. The van der Waals surface area contributed by atoms with Gasteiger partial charge in [-0.15, -0.1) is 0 Å². The van der Waals surface area contributed by atoms with Crippen molar-refractivity contribution in [3.05, 3.63) is 63.7 Å². The first-order valence-electron chi connectivity index (χ1n) is 24.4. The first kappa shape index (κ1) is 60.8. The summed E-state index contributed by atoms with van der Waals surface area (Å²) in [7, 11) is -4.49. The molecule has 3 N–H and O–H groups in total. The van der Waals surface area contributed by atoms with Crippen molar-refractivity contribution in [2.75, 3.05) is 26.4 Å². The van der Waals surface area contributed by atoms with Crippen LogP contribution in [0.4, 0.5) is 41.6 Å². The lowest BCUT2D eigenvalue weighted by Crippen LogP contribution is -2.60. The summed E-state index contributed by atoms with van der Waals surface area (Å²) in [5.74, 6) is -3.45. The van der Waals surface area contributed by atoms with E-state index in [-0.39, 0.29) is 75.1 Å². The highest BCUT2D eigenvalue weighted by atomic mass is 35.5. The normalized spacial score (nSPS) is 21.2.